The highest BCUT2D eigenvalue weighted by Gasteiger charge is 2.35. The van der Waals surface area contributed by atoms with Crippen molar-refractivity contribution in [2.75, 3.05) is 5.88 Å². The van der Waals surface area contributed by atoms with Gasteiger partial charge in [-0.3, -0.25) is 9.48 Å². The van der Waals surface area contributed by atoms with E-state index in [1.165, 1.54) is 19.2 Å². The predicted molar refractivity (Wildman–Crippen MR) is 68.7 cm³/mol. The largest absolute Gasteiger partial charge is 0.433 e. The van der Waals surface area contributed by atoms with Crippen molar-refractivity contribution >= 4 is 17.4 Å². The Balaban J connectivity index is 2.35. The van der Waals surface area contributed by atoms with Crippen molar-refractivity contribution in [3.05, 3.63) is 41.6 Å². The van der Waals surface area contributed by atoms with Gasteiger partial charge in [0.25, 0.3) is 0 Å². The second kappa shape index (κ2) is 5.28. The molecule has 1 aromatic carbocycles. The second-order valence-electron chi connectivity index (χ2n) is 4.17. The molecule has 0 bridgehead atoms. The molecule has 20 heavy (non-hydrogen) atoms. The van der Waals surface area contributed by atoms with Crippen molar-refractivity contribution in [2.45, 2.75) is 6.18 Å². The van der Waals surface area contributed by atoms with Crippen molar-refractivity contribution in [3.63, 3.8) is 0 Å². The van der Waals surface area contributed by atoms with Gasteiger partial charge in [0, 0.05) is 18.2 Å². The third-order valence-electron chi connectivity index (χ3n) is 2.79. The summed E-state index contributed by atoms with van der Waals surface area (Å²) in [7, 11) is 1.23. The van der Waals surface area contributed by atoms with Gasteiger partial charge in [0.05, 0.1) is 11.6 Å². The van der Waals surface area contributed by atoms with Gasteiger partial charge < -0.3 is 0 Å². The van der Waals surface area contributed by atoms with Gasteiger partial charge in [-0.1, -0.05) is 24.3 Å². The normalized spacial score (nSPS) is 11.7. The van der Waals surface area contributed by atoms with Crippen LogP contribution in [0.15, 0.2) is 30.3 Å². The molecule has 0 N–H and O–H groups in total. The average Bonchev–Trinajstić information content (AvgIpc) is 2.80. The number of aromatic nitrogens is 2. The second-order valence-corrected chi connectivity index (χ2v) is 4.44. The Kier molecular flexibility index (Phi) is 3.85. The molecule has 0 aliphatic heterocycles. The molecule has 0 saturated carbocycles. The molecule has 1 aromatic heterocycles. The summed E-state index contributed by atoms with van der Waals surface area (Å²) in [6.07, 6.45) is -4.45. The molecule has 2 rings (SSSR count). The van der Waals surface area contributed by atoms with Crippen LogP contribution in [0.2, 0.25) is 0 Å². The molecular weight excluding hydrogens is 293 g/mol. The zero-order valence-electron chi connectivity index (χ0n) is 10.4. The van der Waals surface area contributed by atoms with E-state index in [9.17, 15) is 18.0 Å². The maximum Gasteiger partial charge on any atom is 0.433 e. The van der Waals surface area contributed by atoms with Gasteiger partial charge in [-0.15, -0.1) is 11.6 Å². The van der Waals surface area contributed by atoms with Crippen LogP contribution in [0.5, 0.6) is 0 Å². The Morgan fingerprint density at radius 1 is 1.30 bits per heavy atom. The summed E-state index contributed by atoms with van der Waals surface area (Å²) in [5.41, 5.74) is 0.288. The summed E-state index contributed by atoms with van der Waals surface area (Å²) in [6.45, 7) is 0. The molecule has 0 aliphatic carbocycles. The molecule has 0 spiro atoms. The van der Waals surface area contributed by atoms with Crippen molar-refractivity contribution in [3.8, 4) is 11.3 Å². The minimum Gasteiger partial charge on any atom is -0.293 e. The van der Waals surface area contributed by atoms with Crippen molar-refractivity contribution in [1.29, 1.82) is 0 Å². The van der Waals surface area contributed by atoms with Crippen LogP contribution in [-0.2, 0) is 13.2 Å². The highest BCUT2D eigenvalue weighted by molar-refractivity contribution is 6.30. The molecule has 0 aliphatic rings. The van der Waals surface area contributed by atoms with Gasteiger partial charge >= 0.3 is 6.18 Å². The average molecular weight is 303 g/mol. The SMILES string of the molecule is Cn1nc(-c2ccc(C(=O)CCl)cc2)cc1C(F)(F)F. The van der Waals surface area contributed by atoms with Gasteiger partial charge in [0.1, 0.15) is 5.69 Å². The number of benzene rings is 1. The van der Waals surface area contributed by atoms with Gasteiger partial charge in [0.2, 0.25) is 0 Å². The van der Waals surface area contributed by atoms with E-state index in [2.05, 4.69) is 5.10 Å². The summed E-state index contributed by atoms with van der Waals surface area (Å²) in [4.78, 5) is 11.4. The smallest absolute Gasteiger partial charge is 0.293 e. The molecule has 0 amide bonds. The summed E-state index contributed by atoms with van der Waals surface area (Å²) >= 11 is 5.43. The standard InChI is InChI=1S/C13H10ClF3N2O/c1-19-12(13(15,16)17)6-10(18-19)8-2-4-9(5-3-8)11(20)7-14/h2-6H,7H2,1H3. The molecule has 0 radical (unpaired) electrons. The molecule has 7 heteroatoms. The molecule has 0 unspecified atom stereocenters. The molecule has 2 aromatic rings. The van der Waals surface area contributed by atoms with E-state index in [0.717, 1.165) is 10.7 Å². The van der Waals surface area contributed by atoms with E-state index in [0.29, 0.717) is 11.1 Å². The lowest BCUT2D eigenvalue weighted by Gasteiger charge is -2.04. The third kappa shape index (κ3) is 2.85. The molecule has 1 heterocycles. The summed E-state index contributed by atoms with van der Waals surface area (Å²) in [5, 5.41) is 3.83. The Labute approximate surface area is 118 Å². The van der Waals surface area contributed by atoms with Crippen molar-refractivity contribution in [1.82, 2.24) is 9.78 Å². The van der Waals surface area contributed by atoms with Crippen LogP contribution in [0.1, 0.15) is 16.1 Å². The number of hydrogen-bond donors (Lipinski definition) is 0. The maximum atomic E-state index is 12.7. The number of ketones is 1. The fourth-order valence-corrected chi connectivity index (χ4v) is 1.93. The van der Waals surface area contributed by atoms with Crippen LogP contribution in [0.25, 0.3) is 11.3 Å². The molecule has 106 valence electrons. The lowest BCUT2D eigenvalue weighted by atomic mass is 10.1. The highest BCUT2D eigenvalue weighted by atomic mass is 35.5. The zero-order valence-corrected chi connectivity index (χ0v) is 11.2. The number of nitrogens with zero attached hydrogens (tertiary/aromatic N) is 2. The van der Waals surface area contributed by atoms with Crippen LogP contribution in [0, 0.1) is 0 Å². The summed E-state index contributed by atoms with van der Waals surface area (Å²) in [5.74, 6) is -0.378. The van der Waals surface area contributed by atoms with Crippen LogP contribution < -0.4 is 0 Å². The first kappa shape index (κ1) is 14.6. The number of Topliss-reactive ketones (excluding diaryl/α,β-unsaturated/α-hetero) is 1. The van der Waals surface area contributed by atoms with E-state index in [1.807, 2.05) is 0 Å². The van der Waals surface area contributed by atoms with Gasteiger partial charge in [-0.05, 0) is 6.07 Å². The highest BCUT2D eigenvalue weighted by Crippen LogP contribution is 2.31. The van der Waals surface area contributed by atoms with Crippen LogP contribution in [-0.4, -0.2) is 21.4 Å². The first-order chi connectivity index (χ1) is 9.32. The van der Waals surface area contributed by atoms with Crippen molar-refractivity contribution < 1.29 is 18.0 Å². The molecule has 0 saturated heterocycles. The lowest BCUT2D eigenvalue weighted by Crippen LogP contribution is -2.11. The number of hydrogen-bond acceptors (Lipinski definition) is 2. The molecular formula is C13H10ClF3N2O. The molecule has 0 fully saturated rings. The topological polar surface area (TPSA) is 34.9 Å². The predicted octanol–water partition coefficient (Wildman–Crippen LogP) is 3.53. The van der Waals surface area contributed by atoms with Crippen molar-refractivity contribution in [2.24, 2.45) is 7.05 Å². The third-order valence-corrected chi connectivity index (χ3v) is 3.04. The minimum atomic E-state index is -4.45. The van der Waals surface area contributed by atoms with E-state index in [1.54, 1.807) is 12.1 Å². The minimum absolute atomic E-state index is 0.138. The van der Waals surface area contributed by atoms with Gasteiger partial charge in [-0.25, -0.2) is 0 Å². The van der Waals surface area contributed by atoms with Crippen LogP contribution in [0.3, 0.4) is 0 Å². The fraction of sp³-hybridized carbons (Fsp3) is 0.231. The number of halogens is 4. The van der Waals surface area contributed by atoms with E-state index in [-0.39, 0.29) is 17.4 Å². The quantitative estimate of drug-likeness (QED) is 0.642. The summed E-state index contributed by atoms with van der Waals surface area (Å²) < 4.78 is 38.8. The van der Waals surface area contributed by atoms with E-state index < -0.39 is 11.9 Å². The first-order valence-electron chi connectivity index (χ1n) is 5.64. The molecule has 0 atom stereocenters. The Bertz CT molecular complexity index is 632. The van der Waals surface area contributed by atoms with Gasteiger partial charge in [0.15, 0.2) is 5.78 Å². The number of aryl methyl sites for hydroxylation is 1. The number of alkyl halides is 4. The fourth-order valence-electron chi connectivity index (χ4n) is 1.78. The number of carbonyl (C=O) groups excluding carboxylic acids is 1. The Morgan fingerprint density at radius 3 is 2.35 bits per heavy atom. The lowest BCUT2D eigenvalue weighted by molar-refractivity contribution is -0.143. The van der Waals surface area contributed by atoms with Gasteiger partial charge in [-0.2, -0.15) is 18.3 Å². The Morgan fingerprint density at radius 2 is 1.90 bits per heavy atom. The van der Waals surface area contributed by atoms with Crippen LogP contribution >= 0.6 is 11.6 Å². The molecule has 3 nitrogen and oxygen atoms in total. The summed E-state index contributed by atoms with van der Waals surface area (Å²) in [6, 6.07) is 7.09. The van der Waals surface area contributed by atoms with E-state index >= 15 is 0 Å². The zero-order chi connectivity index (χ0) is 14.9. The van der Waals surface area contributed by atoms with Crippen LogP contribution in [0.4, 0.5) is 13.2 Å². The first-order valence-corrected chi connectivity index (χ1v) is 6.17. The maximum absolute atomic E-state index is 12.7. The number of rotatable bonds is 3. The number of carbonyl (C=O) groups is 1. The Hall–Kier alpha value is -1.82. The van der Waals surface area contributed by atoms with E-state index in [4.69, 9.17) is 11.6 Å². The monoisotopic (exact) mass is 302 g/mol.